The molecule has 2 rings (SSSR count). The fourth-order valence-corrected chi connectivity index (χ4v) is 3.08. The molecular weight excluding hydrogens is 248 g/mol. The second-order valence-corrected chi connectivity index (χ2v) is 6.05. The molecule has 1 heterocycles. The lowest BCUT2D eigenvalue weighted by Crippen LogP contribution is -2.41. The minimum Gasteiger partial charge on any atom is -0.387 e. The Morgan fingerprint density at radius 1 is 1.25 bits per heavy atom. The molecule has 0 radical (unpaired) electrons. The Balaban J connectivity index is 1.98. The van der Waals surface area contributed by atoms with Crippen molar-refractivity contribution in [2.24, 2.45) is 0 Å². The number of hydrogen-bond donors (Lipinski definition) is 1. The van der Waals surface area contributed by atoms with Crippen molar-refractivity contribution in [1.82, 2.24) is 4.90 Å². The molecule has 1 aliphatic heterocycles. The topological polar surface area (TPSA) is 26.7 Å². The van der Waals surface area contributed by atoms with Crippen LogP contribution in [0.15, 0.2) is 24.3 Å². The first-order valence-corrected chi connectivity index (χ1v) is 7.81. The van der Waals surface area contributed by atoms with E-state index in [1.807, 2.05) is 26.2 Å². The third kappa shape index (κ3) is 3.74. The molecule has 0 saturated carbocycles. The molecule has 1 aromatic carbocycles. The van der Waals surface area contributed by atoms with E-state index in [4.69, 9.17) is 0 Å². The van der Waals surface area contributed by atoms with Gasteiger partial charge in [-0.2, -0.15) is 0 Å². The van der Waals surface area contributed by atoms with Gasteiger partial charge in [-0.25, -0.2) is 0 Å². The van der Waals surface area contributed by atoms with E-state index in [0.717, 1.165) is 18.7 Å². The van der Waals surface area contributed by atoms with Crippen molar-refractivity contribution in [3.8, 4) is 0 Å². The van der Waals surface area contributed by atoms with E-state index in [9.17, 15) is 5.11 Å². The number of aliphatic hydroxyl groups excluding tert-OH is 1. The Morgan fingerprint density at radius 3 is 2.55 bits per heavy atom. The zero-order valence-electron chi connectivity index (χ0n) is 13.0. The van der Waals surface area contributed by atoms with Crippen molar-refractivity contribution in [2.75, 3.05) is 32.1 Å². The highest BCUT2D eigenvalue weighted by molar-refractivity contribution is 5.46. The van der Waals surface area contributed by atoms with Crippen molar-refractivity contribution in [2.45, 2.75) is 44.8 Å². The third-order valence-electron chi connectivity index (χ3n) is 4.42. The maximum atomic E-state index is 10.5. The highest BCUT2D eigenvalue weighted by atomic mass is 16.3. The summed E-state index contributed by atoms with van der Waals surface area (Å²) in [6, 6.07) is 8.90. The van der Waals surface area contributed by atoms with Crippen LogP contribution in [0.5, 0.6) is 0 Å². The normalized spacial score (nSPS) is 21.7. The maximum Gasteiger partial charge on any atom is 0.0917 e. The quantitative estimate of drug-likeness (QED) is 0.895. The predicted octanol–water partition coefficient (Wildman–Crippen LogP) is 3.05. The van der Waals surface area contributed by atoms with Crippen LogP contribution in [0.2, 0.25) is 0 Å². The number of aliphatic hydroxyl groups is 1. The predicted molar refractivity (Wildman–Crippen MR) is 85.2 cm³/mol. The molecule has 1 aliphatic rings. The fourth-order valence-electron chi connectivity index (χ4n) is 3.08. The van der Waals surface area contributed by atoms with Crippen LogP contribution in [0, 0.1) is 0 Å². The van der Waals surface area contributed by atoms with Crippen molar-refractivity contribution in [3.05, 3.63) is 29.8 Å². The van der Waals surface area contributed by atoms with E-state index >= 15 is 0 Å². The molecule has 0 bridgehead atoms. The van der Waals surface area contributed by atoms with Gasteiger partial charge in [-0.05, 0) is 43.5 Å². The summed E-state index contributed by atoms with van der Waals surface area (Å²) >= 11 is 0. The van der Waals surface area contributed by atoms with Gasteiger partial charge in [-0.3, -0.25) is 4.90 Å². The van der Waals surface area contributed by atoms with Gasteiger partial charge in [0.1, 0.15) is 0 Å². The highest BCUT2D eigenvalue weighted by Crippen LogP contribution is 2.24. The van der Waals surface area contributed by atoms with E-state index in [0.29, 0.717) is 6.04 Å². The molecule has 112 valence electrons. The molecule has 20 heavy (non-hydrogen) atoms. The van der Waals surface area contributed by atoms with Crippen molar-refractivity contribution in [3.63, 3.8) is 0 Å². The number of likely N-dealkylation sites (tertiary alicyclic amines) is 1. The summed E-state index contributed by atoms with van der Waals surface area (Å²) in [6.45, 7) is 4.15. The Bertz CT molecular complexity index is 402. The molecule has 2 unspecified atom stereocenters. The van der Waals surface area contributed by atoms with Crippen LogP contribution >= 0.6 is 0 Å². The minimum atomic E-state index is -0.377. The molecule has 0 amide bonds. The molecule has 0 spiro atoms. The van der Waals surface area contributed by atoms with E-state index in [2.05, 4.69) is 28.9 Å². The van der Waals surface area contributed by atoms with Crippen molar-refractivity contribution < 1.29 is 5.11 Å². The first-order chi connectivity index (χ1) is 9.61. The highest BCUT2D eigenvalue weighted by Gasteiger charge is 2.23. The molecule has 3 heteroatoms. The van der Waals surface area contributed by atoms with Gasteiger partial charge in [0.15, 0.2) is 0 Å². The largest absolute Gasteiger partial charge is 0.387 e. The van der Waals surface area contributed by atoms with Gasteiger partial charge in [0, 0.05) is 32.4 Å². The van der Waals surface area contributed by atoms with Crippen molar-refractivity contribution >= 4 is 5.69 Å². The molecule has 3 nitrogen and oxygen atoms in total. The number of piperidine rings is 1. The Labute approximate surface area is 123 Å². The van der Waals surface area contributed by atoms with Crippen LogP contribution in [0.25, 0.3) is 0 Å². The van der Waals surface area contributed by atoms with E-state index in [1.165, 1.54) is 31.4 Å². The van der Waals surface area contributed by atoms with E-state index in [-0.39, 0.29) is 6.10 Å². The average Bonchev–Trinajstić information content (AvgIpc) is 2.48. The Hall–Kier alpha value is -1.06. The van der Waals surface area contributed by atoms with Gasteiger partial charge in [0.2, 0.25) is 0 Å². The monoisotopic (exact) mass is 276 g/mol. The molecule has 0 aliphatic carbocycles. The summed E-state index contributed by atoms with van der Waals surface area (Å²) in [5, 5.41) is 10.5. The van der Waals surface area contributed by atoms with Crippen LogP contribution in [0.4, 0.5) is 5.69 Å². The lowest BCUT2D eigenvalue weighted by Gasteiger charge is -2.36. The van der Waals surface area contributed by atoms with Crippen LogP contribution < -0.4 is 4.90 Å². The zero-order chi connectivity index (χ0) is 14.5. The summed E-state index contributed by atoms with van der Waals surface area (Å²) in [6.07, 6.45) is 4.69. The zero-order valence-corrected chi connectivity index (χ0v) is 13.0. The Kier molecular flexibility index (Phi) is 5.44. The number of rotatable bonds is 5. The molecule has 0 aromatic heterocycles. The van der Waals surface area contributed by atoms with Crippen LogP contribution in [0.1, 0.15) is 44.3 Å². The smallest absolute Gasteiger partial charge is 0.0917 e. The van der Waals surface area contributed by atoms with Gasteiger partial charge >= 0.3 is 0 Å². The van der Waals surface area contributed by atoms with Gasteiger partial charge < -0.3 is 10.0 Å². The first kappa shape index (κ1) is 15.3. The minimum absolute atomic E-state index is 0.377. The lowest BCUT2D eigenvalue weighted by atomic mass is 9.98. The summed E-state index contributed by atoms with van der Waals surface area (Å²) < 4.78 is 0. The summed E-state index contributed by atoms with van der Waals surface area (Å²) in [5.74, 6) is 0. The van der Waals surface area contributed by atoms with Crippen LogP contribution in [0.3, 0.4) is 0 Å². The second-order valence-electron chi connectivity index (χ2n) is 6.05. The number of β-amino-alcohol motifs (C(OH)–C–C–N with tert-alkyl or cyclic N) is 1. The Morgan fingerprint density at radius 2 is 1.95 bits per heavy atom. The fraction of sp³-hybridized carbons (Fsp3) is 0.647. The molecular formula is C17H28N2O. The molecule has 1 N–H and O–H groups in total. The number of benzene rings is 1. The molecule has 1 fully saturated rings. The maximum absolute atomic E-state index is 10.5. The van der Waals surface area contributed by atoms with Gasteiger partial charge in [-0.1, -0.05) is 25.5 Å². The third-order valence-corrected chi connectivity index (χ3v) is 4.42. The summed E-state index contributed by atoms with van der Waals surface area (Å²) in [5.41, 5.74) is 2.20. The van der Waals surface area contributed by atoms with Gasteiger partial charge in [-0.15, -0.1) is 0 Å². The van der Waals surface area contributed by atoms with Gasteiger partial charge in [0.25, 0.3) is 0 Å². The second kappa shape index (κ2) is 7.09. The molecule has 1 saturated heterocycles. The molecule has 1 aromatic rings. The average molecular weight is 276 g/mol. The van der Waals surface area contributed by atoms with Crippen LogP contribution in [-0.2, 0) is 0 Å². The number of anilines is 1. The first-order valence-electron chi connectivity index (χ1n) is 7.81. The molecule has 2 atom stereocenters. The standard InChI is InChI=1S/C17H28N2O/c1-4-15-7-5-6-12-19(15)13-17(20)14-8-10-16(11-9-14)18(2)3/h8-11,15,17,20H,4-7,12-13H2,1-3H3. The number of hydrogen-bond acceptors (Lipinski definition) is 3. The van der Waals surface area contributed by atoms with E-state index in [1.54, 1.807) is 0 Å². The van der Waals surface area contributed by atoms with Gasteiger partial charge in [0.05, 0.1) is 6.10 Å². The summed E-state index contributed by atoms with van der Waals surface area (Å²) in [4.78, 5) is 4.54. The SMILES string of the molecule is CCC1CCCCN1CC(O)c1ccc(N(C)C)cc1. The van der Waals surface area contributed by atoms with Crippen LogP contribution in [-0.4, -0.2) is 43.2 Å². The lowest BCUT2D eigenvalue weighted by molar-refractivity contribution is 0.0656. The summed E-state index contributed by atoms with van der Waals surface area (Å²) in [7, 11) is 4.07. The van der Waals surface area contributed by atoms with Crippen molar-refractivity contribution in [1.29, 1.82) is 0 Å². The van der Waals surface area contributed by atoms with E-state index < -0.39 is 0 Å². The number of nitrogens with zero attached hydrogens (tertiary/aromatic N) is 2.